The molecule has 4 heteroatoms. The molecule has 0 heterocycles. The molecule has 1 aromatic carbocycles. The van der Waals surface area contributed by atoms with Crippen LogP contribution in [0.15, 0.2) is 12.1 Å². The summed E-state index contributed by atoms with van der Waals surface area (Å²) in [5, 5.41) is 9.01. The normalized spacial score (nSPS) is 18.3. The highest BCUT2D eigenvalue weighted by atomic mass is 19.2. The lowest BCUT2D eigenvalue weighted by Crippen LogP contribution is -2.14. The van der Waals surface area contributed by atoms with Crippen LogP contribution in [-0.2, 0) is 5.41 Å². The topological polar surface area (TPSA) is 20.2 Å². The molecule has 0 unspecified atom stereocenters. The van der Waals surface area contributed by atoms with E-state index in [1.54, 1.807) is 0 Å². The fourth-order valence-electron chi connectivity index (χ4n) is 1.59. The third-order valence-electron chi connectivity index (χ3n) is 2.74. The van der Waals surface area contributed by atoms with Gasteiger partial charge < -0.3 is 5.11 Å². The Morgan fingerprint density at radius 1 is 1.07 bits per heavy atom. The molecule has 1 aliphatic carbocycles. The highest BCUT2D eigenvalue weighted by Crippen LogP contribution is 2.48. The van der Waals surface area contributed by atoms with Crippen molar-refractivity contribution in [3.8, 4) is 0 Å². The maximum Gasteiger partial charge on any atom is 0.161 e. The molecule has 76 valence electrons. The summed E-state index contributed by atoms with van der Waals surface area (Å²) in [6, 6.07) is 1.37. The van der Waals surface area contributed by atoms with Crippen molar-refractivity contribution in [3.05, 3.63) is 35.1 Å². The molecule has 0 radical (unpaired) electrons. The van der Waals surface area contributed by atoms with E-state index >= 15 is 0 Å². The molecule has 0 aliphatic heterocycles. The third-order valence-corrected chi connectivity index (χ3v) is 2.74. The maximum atomic E-state index is 13.2. The molecule has 1 saturated carbocycles. The smallest absolute Gasteiger partial charge is 0.161 e. The first-order valence-corrected chi connectivity index (χ1v) is 4.35. The number of hydrogen-bond donors (Lipinski definition) is 1. The molecule has 1 aromatic rings. The van der Waals surface area contributed by atoms with E-state index in [2.05, 4.69) is 0 Å². The van der Waals surface area contributed by atoms with E-state index in [1.807, 2.05) is 0 Å². The Hall–Kier alpha value is -1.03. The summed E-state index contributed by atoms with van der Waals surface area (Å²) in [4.78, 5) is 0. The number of aliphatic hydroxyl groups is 1. The first-order valence-electron chi connectivity index (χ1n) is 4.35. The van der Waals surface area contributed by atoms with Gasteiger partial charge in [0.15, 0.2) is 11.6 Å². The average molecular weight is 202 g/mol. The number of rotatable bonds is 2. The van der Waals surface area contributed by atoms with Crippen LogP contribution < -0.4 is 0 Å². The van der Waals surface area contributed by atoms with Crippen molar-refractivity contribution in [3.63, 3.8) is 0 Å². The molecule has 0 amide bonds. The van der Waals surface area contributed by atoms with Crippen LogP contribution in [0.4, 0.5) is 13.2 Å². The van der Waals surface area contributed by atoms with Gasteiger partial charge in [0.05, 0.1) is 6.61 Å². The van der Waals surface area contributed by atoms with Crippen LogP contribution in [-0.4, -0.2) is 11.7 Å². The Labute approximate surface area is 79.2 Å². The Morgan fingerprint density at radius 3 is 2.14 bits per heavy atom. The highest BCUT2D eigenvalue weighted by molar-refractivity contribution is 5.33. The highest BCUT2D eigenvalue weighted by Gasteiger charge is 2.45. The molecule has 0 bridgehead atoms. The second-order valence-corrected chi connectivity index (χ2v) is 3.68. The van der Waals surface area contributed by atoms with Gasteiger partial charge in [0.1, 0.15) is 5.82 Å². The summed E-state index contributed by atoms with van der Waals surface area (Å²) < 4.78 is 38.7. The molecule has 0 saturated heterocycles. The van der Waals surface area contributed by atoms with Crippen LogP contribution in [0.1, 0.15) is 18.4 Å². The summed E-state index contributed by atoms with van der Waals surface area (Å²) in [5.74, 6) is -3.04. The number of aliphatic hydroxyl groups excluding tert-OH is 1. The molecule has 0 atom stereocenters. The van der Waals surface area contributed by atoms with Gasteiger partial charge in [-0.2, -0.15) is 0 Å². The summed E-state index contributed by atoms with van der Waals surface area (Å²) in [6.07, 6.45) is 1.23. The SMILES string of the molecule is OCC1(c2cc(F)c(F)cc2F)CC1. The predicted molar refractivity (Wildman–Crippen MR) is 44.3 cm³/mol. The fourth-order valence-corrected chi connectivity index (χ4v) is 1.59. The summed E-state index contributed by atoms with van der Waals surface area (Å²) in [5.41, 5.74) is -0.586. The van der Waals surface area contributed by atoms with Crippen molar-refractivity contribution in [1.29, 1.82) is 0 Å². The van der Waals surface area contributed by atoms with E-state index in [-0.39, 0.29) is 12.2 Å². The minimum absolute atomic E-state index is 0.0823. The first-order chi connectivity index (χ1) is 6.59. The maximum absolute atomic E-state index is 13.2. The molecule has 0 aromatic heterocycles. The van der Waals surface area contributed by atoms with Crippen LogP contribution in [0, 0.1) is 17.5 Å². The largest absolute Gasteiger partial charge is 0.395 e. The lowest BCUT2D eigenvalue weighted by atomic mass is 9.96. The summed E-state index contributed by atoms with van der Waals surface area (Å²) in [6.45, 7) is -0.227. The average Bonchev–Trinajstić information content (AvgIpc) is 2.92. The van der Waals surface area contributed by atoms with Crippen molar-refractivity contribution in [1.82, 2.24) is 0 Å². The molecule has 1 aliphatic rings. The van der Waals surface area contributed by atoms with Crippen molar-refractivity contribution in [2.75, 3.05) is 6.61 Å². The zero-order valence-corrected chi connectivity index (χ0v) is 7.36. The Kier molecular flexibility index (Phi) is 2.03. The van der Waals surface area contributed by atoms with Gasteiger partial charge in [-0.15, -0.1) is 0 Å². The fraction of sp³-hybridized carbons (Fsp3) is 0.400. The lowest BCUT2D eigenvalue weighted by molar-refractivity contribution is 0.251. The second kappa shape index (κ2) is 2.98. The van der Waals surface area contributed by atoms with Gasteiger partial charge in [-0.3, -0.25) is 0 Å². The van der Waals surface area contributed by atoms with Crippen molar-refractivity contribution in [2.24, 2.45) is 0 Å². The van der Waals surface area contributed by atoms with Crippen molar-refractivity contribution in [2.45, 2.75) is 18.3 Å². The molecule has 14 heavy (non-hydrogen) atoms. The monoisotopic (exact) mass is 202 g/mol. The number of halogens is 3. The van der Waals surface area contributed by atoms with Crippen molar-refractivity contribution < 1.29 is 18.3 Å². The quantitative estimate of drug-likeness (QED) is 0.728. The Morgan fingerprint density at radius 2 is 1.64 bits per heavy atom. The molecule has 2 rings (SSSR count). The van der Waals surface area contributed by atoms with E-state index in [0.29, 0.717) is 18.9 Å². The van der Waals surface area contributed by atoms with Crippen LogP contribution >= 0.6 is 0 Å². The van der Waals surface area contributed by atoms with E-state index in [9.17, 15) is 13.2 Å². The van der Waals surface area contributed by atoms with Gasteiger partial charge in [-0.05, 0) is 24.5 Å². The van der Waals surface area contributed by atoms with Crippen LogP contribution in [0.5, 0.6) is 0 Å². The van der Waals surface area contributed by atoms with Gasteiger partial charge in [0.2, 0.25) is 0 Å². The van der Waals surface area contributed by atoms with Crippen LogP contribution in [0.3, 0.4) is 0 Å². The Bertz CT molecular complexity index is 372. The van der Waals surface area contributed by atoms with Crippen LogP contribution in [0.25, 0.3) is 0 Å². The third kappa shape index (κ3) is 1.30. The first kappa shape index (κ1) is 9.52. The molecule has 0 spiro atoms. The summed E-state index contributed by atoms with van der Waals surface area (Å²) >= 11 is 0. The molecule has 1 N–H and O–H groups in total. The standard InChI is InChI=1S/C10H9F3O/c11-7-4-9(13)8(12)3-6(7)10(5-14)1-2-10/h3-4,14H,1-2,5H2. The molecular weight excluding hydrogens is 193 g/mol. The van der Waals surface area contributed by atoms with Crippen LogP contribution in [0.2, 0.25) is 0 Å². The van der Waals surface area contributed by atoms with Gasteiger partial charge >= 0.3 is 0 Å². The lowest BCUT2D eigenvalue weighted by Gasteiger charge is -2.13. The number of hydrogen-bond acceptors (Lipinski definition) is 1. The van der Waals surface area contributed by atoms with E-state index in [4.69, 9.17) is 5.11 Å². The zero-order chi connectivity index (χ0) is 10.3. The molecule has 1 nitrogen and oxygen atoms in total. The second-order valence-electron chi connectivity index (χ2n) is 3.68. The van der Waals surface area contributed by atoms with E-state index in [0.717, 1.165) is 6.07 Å². The Balaban J connectivity index is 2.49. The van der Waals surface area contributed by atoms with Gasteiger partial charge in [-0.25, -0.2) is 13.2 Å². The molecule has 1 fully saturated rings. The van der Waals surface area contributed by atoms with Gasteiger partial charge in [-0.1, -0.05) is 0 Å². The predicted octanol–water partition coefficient (Wildman–Crippen LogP) is 2.13. The molecular formula is C10H9F3O. The minimum atomic E-state index is -1.19. The van der Waals surface area contributed by atoms with Gasteiger partial charge in [0.25, 0.3) is 0 Å². The van der Waals surface area contributed by atoms with Gasteiger partial charge in [0, 0.05) is 11.5 Å². The van der Waals surface area contributed by atoms with E-state index < -0.39 is 22.9 Å². The van der Waals surface area contributed by atoms with Crippen molar-refractivity contribution >= 4 is 0 Å². The summed E-state index contributed by atoms with van der Waals surface area (Å²) in [7, 11) is 0. The zero-order valence-electron chi connectivity index (χ0n) is 7.36. The number of benzene rings is 1. The minimum Gasteiger partial charge on any atom is -0.395 e. The van der Waals surface area contributed by atoms with E-state index in [1.165, 1.54) is 0 Å².